The number of carbonyl (C=O) groups is 1. The zero-order valence-electron chi connectivity index (χ0n) is 9.58. The molecule has 2 atom stereocenters. The normalized spacial score (nSPS) is 25.6. The topological polar surface area (TPSA) is 86.5 Å². The van der Waals surface area contributed by atoms with E-state index in [1.807, 2.05) is 0 Å². The molecule has 0 radical (unpaired) electrons. The zero-order chi connectivity index (χ0) is 12.1. The van der Waals surface area contributed by atoms with E-state index in [1.54, 1.807) is 0 Å². The van der Waals surface area contributed by atoms with Gasteiger partial charge in [-0.1, -0.05) is 0 Å². The standard InChI is InChI=1S/C8H17N3O5/c1-13-4-10-6(14-2)7(15-3)11(5-16-9)8(10)12/h6-7H,4-5,9H2,1-3H3. The number of carbonyl (C=O) groups excluding carboxylic acids is 1. The first-order valence-electron chi connectivity index (χ1n) is 4.64. The van der Waals surface area contributed by atoms with Crippen LogP contribution in [0.15, 0.2) is 0 Å². The van der Waals surface area contributed by atoms with Crippen LogP contribution >= 0.6 is 0 Å². The number of ether oxygens (including phenoxy) is 3. The molecular formula is C8H17N3O5. The predicted molar refractivity (Wildman–Crippen MR) is 52.7 cm³/mol. The molecule has 2 unspecified atom stereocenters. The summed E-state index contributed by atoms with van der Waals surface area (Å²) in [7, 11) is 4.45. The lowest BCUT2D eigenvalue weighted by atomic mass is 10.5. The molecule has 0 aromatic carbocycles. The minimum Gasteiger partial charge on any atom is -0.364 e. The smallest absolute Gasteiger partial charge is 0.328 e. The van der Waals surface area contributed by atoms with E-state index in [1.165, 1.54) is 31.1 Å². The quantitative estimate of drug-likeness (QED) is 0.602. The van der Waals surface area contributed by atoms with Crippen molar-refractivity contribution in [2.75, 3.05) is 34.8 Å². The zero-order valence-corrected chi connectivity index (χ0v) is 9.58. The van der Waals surface area contributed by atoms with Crippen molar-refractivity contribution in [3.63, 3.8) is 0 Å². The first-order valence-corrected chi connectivity index (χ1v) is 4.64. The van der Waals surface area contributed by atoms with E-state index in [9.17, 15) is 4.79 Å². The highest BCUT2D eigenvalue weighted by Gasteiger charge is 2.46. The van der Waals surface area contributed by atoms with Crippen LogP contribution in [0.2, 0.25) is 0 Å². The summed E-state index contributed by atoms with van der Waals surface area (Å²) in [5, 5.41) is 0. The van der Waals surface area contributed by atoms with Crippen molar-refractivity contribution >= 4 is 6.03 Å². The number of amides is 2. The Morgan fingerprint density at radius 2 is 1.62 bits per heavy atom. The van der Waals surface area contributed by atoms with Crippen molar-refractivity contribution < 1.29 is 23.8 Å². The third kappa shape index (κ3) is 2.25. The van der Waals surface area contributed by atoms with E-state index in [4.69, 9.17) is 20.1 Å². The van der Waals surface area contributed by atoms with Crippen molar-refractivity contribution in [2.45, 2.75) is 12.5 Å². The maximum atomic E-state index is 11.9. The molecule has 0 bridgehead atoms. The summed E-state index contributed by atoms with van der Waals surface area (Å²) < 4.78 is 15.3. The van der Waals surface area contributed by atoms with Crippen molar-refractivity contribution in [3.8, 4) is 0 Å². The fraction of sp³-hybridized carbons (Fsp3) is 0.875. The van der Waals surface area contributed by atoms with E-state index in [0.29, 0.717) is 0 Å². The van der Waals surface area contributed by atoms with Crippen LogP contribution in [0.3, 0.4) is 0 Å². The second kappa shape index (κ2) is 5.97. The summed E-state index contributed by atoms with van der Waals surface area (Å²) in [6.07, 6.45) is -1.12. The summed E-state index contributed by atoms with van der Waals surface area (Å²) in [5.74, 6) is 4.95. The van der Waals surface area contributed by atoms with Gasteiger partial charge in [0.05, 0.1) is 0 Å². The van der Waals surface area contributed by atoms with Crippen LogP contribution in [0.5, 0.6) is 0 Å². The molecule has 1 saturated heterocycles. The van der Waals surface area contributed by atoms with Crippen LogP contribution in [0.1, 0.15) is 0 Å². The molecule has 0 aromatic rings. The number of urea groups is 1. The SMILES string of the molecule is COCN1C(=O)N(CON)C(OC)C1OC. The van der Waals surface area contributed by atoms with Gasteiger partial charge in [0.1, 0.15) is 13.5 Å². The van der Waals surface area contributed by atoms with Gasteiger partial charge < -0.3 is 14.2 Å². The lowest BCUT2D eigenvalue weighted by Gasteiger charge is -2.24. The van der Waals surface area contributed by atoms with Gasteiger partial charge >= 0.3 is 6.03 Å². The van der Waals surface area contributed by atoms with E-state index >= 15 is 0 Å². The first kappa shape index (κ1) is 13.1. The molecule has 94 valence electrons. The van der Waals surface area contributed by atoms with Crippen LogP contribution in [-0.2, 0) is 19.0 Å². The second-order valence-corrected chi connectivity index (χ2v) is 3.19. The molecule has 16 heavy (non-hydrogen) atoms. The van der Waals surface area contributed by atoms with Crippen LogP contribution < -0.4 is 5.90 Å². The van der Waals surface area contributed by atoms with Crippen molar-refractivity contribution in [1.82, 2.24) is 9.80 Å². The Balaban J connectivity index is 2.83. The van der Waals surface area contributed by atoms with Gasteiger partial charge in [0.15, 0.2) is 12.5 Å². The molecule has 1 fully saturated rings. The fourth-order valence-corrected chi connectivity index (χ4v) is 1.65. The first-order chi connectivity index (χ1) is 7.71. The van der Waals surface area contributed by atoms with Crippen molar-refractivity contribution in [3.05, 3.63) is 0 Å². The van der Waals surface area contributed by atoms with Gasteiger partial charge in [-0.25, -0.2) is 10.7 Å². The highest BCUT2D eigenvalue weighted by molar-refractivity contribution is 5.77. The van der Waals surface area contributed by atoms with Gasteiger partial charge in [0.2, 0.25) is 0 Å². The van der Waals surface area contributed by atoms with Gasteiger partial charge in [-0.05, 0) is 0 Å². The summed E-state index contributed by atoms with van der Waals surface area (Å²) in [4.78, 5) is 19.0. The van der Waals surface area contributed by atoms with Crippen LogP contribution in [0.25, 0.3) is 0 Å². The molecule has 1 heterocycles. The minimum atomic E-state index is -0.573. The lowest BCUT2D eigenvalue weighted by molar-refractivity contribution is -0.135. The summed E-state index contributed by atoms with van der Waals surface area (Å²) in [6, 6.07) is -0.314. The maximum absolute atomic E-state index is 11.9. The van der Waals surface area contributed by atoms with E-state index in [-0.39, 0.29) is 19.5 Å². The van der Waals surface area contributed by atoms with Crippen LogP contribution in [0.4, 0.5) is 4.79 Å². The highest BCUT2D eigenvalue weighted by Crippen LogP contribution is 2.23. The predicted octanol–water partition coefficient (Wildman–Crippen LogP) is -0.879. The number of hydrogen-bond donors (Lipinski definition) is 1. The average Bonchev–Trinajstić information content (AvgIpc) is 2.54. The monoisotopic (exact) mass is 235 g/mol. The Hall–Kier alpha value is -0.930. The fourth-order valence-electron chi connectivity index (χ4n) is 1.65. The molecule has 2 amide bonds. The molecule has 8 nitrogen and oxygen atoms in total. The summed E-state index contributed by atoms with van der Waals surface area (Å²) >= 11 is 0. The molecule has 8 heteroatoms. The Labute approximate surface area is 93.7 Å². The molecular weight excluding hydrogens is 218 g/mol. The molecule has 0 aromatic heterocycles. The van der Waals surface area contributed by atoms with Crippen molar-refractivity contribution in [1.29, 1.82) is 0 Å². The highest BCUT2D eigenvalue weighted by atomic mass is 16.6. The third-order valence-electron chi connectivity index (χ3n) is 2.31. The number of nitrogens with zero attached hydrogens (tertiary/aromatic N) is 2. The number of rotatable bonds is 6. The van der Waals surface area contributed by atoms with E-state index < -0.39 is 12.5 Å². The third-order valence-corrected chi connectivity index (χ3v) is 2.31. The second-order valence-electron chi connectivity index (χ2n) is 3.19. The Kier molecular flexibility index (Phi) is 4.90. The molecule has 1 aliphatic rings. The van der Waals surface area contributed by atoms with E-state index in [2.05, 4.69) is 4.84 Å². The Bertz CT molecular complexity index is 218. The van der Waals surface area contributed by atoms with Gasteiger partial charge in [0.25, 0.3) is 0 Å². The summed E-state index contributed by atoms with van der Waals surface area (Å²) in [6.45, 7) is 0.0374. The molecule has 0 saturated carbocycles. The number of methoxy groups -OCH3 is 3. The minimum absolute atomic E-state index is 0.0720. The largest absolute Gasteiger partial charge is 0.364 e. The van der Waals surface area contributed by atoms with Gasteiger partial charge in [-0.2, -0.15) is 0 Å². The molecule has 0 spiro atoms. The van der Waals surface area contributed by atoms with Gasteiger partial charge in [-0.3, -0.25) is 14.6 Å². The Morgan fingerprint density at radius 1 is 1.12 bits per heavy atom. The lowest BCUT2D eigenvalue weighted by Crippen LogP contribution is -2.41. The van der Waals surface area contributed by atoms with Crippen molar-refractivity contribution in [2.24, 2.45) is 5.90 Å². The number of hydrogen-bond acceptors (Lipinski definition) is 6. The maximum Gasteiger partial charge on any atom is 0.328 e. The number of nitrogens with two attached hydrogens (primary N) is 1. The van der Waals surface area contributed by atoms with Gasteiger partial charge in [0, 0.05) is 21.3 Å². The van der Waals surface area contributed by atoms with E-state index in [0.717, 1.165) is 0 Å². The average molecular weight is 235 g/mol. The van der Waals surface area contributed by atoms with Crippen LogP contribution in [-0.4, -0.2) is 63.1 Å². The van der Waals surface area contributed by atoms with Gasteiger partial charge in [-0.15, -0.1) is 0 Å². The molecule has 1 rings (SSSR count). The van der Waals surface area contributed by atoms with Crippen LogP contribution in [0, 0.1) is 0 Å². The molecule has 1 aliphatic heterocycles. The Morgan fingerprint density at radius 3 is 2.00 bits per heavy atom. The molecule has 2 N–H and O–H groups in total. The summed E-state index contributed by atoms with van der Waals surface area (Å²) in [5.41, 5.74) is 0. The molecule has 0 aliphatic carbocycles.